The molecule has 4 nitrogen and oxygen atoms in total. The first-order chi connectivity index (χ1) is 8.97. The zero-order chi connectivity index (χ0) is 14.0. The van der Waals surface area contributed by atoms with Crippen molar-refractivity contribution in [3.05, 3.63) is 51.8 Å². The summed E-state index contributed by atoms with van der Waals surface area (Å²) < 4.78 is 6.80. The molecule has 1 aromatic carbocycles. The SMILES string of the molecule is Cn1cc(N)cc1C(=O)OCc1ccc(Cl)cc1Cl. The summed E-state index contributed by atoms with van der Waals surface area (Å²) in [6.07, 6.45) is 1.64. The van der Waals surface area contributed by atoms with Crippen LogP contribution in [0.15, 0.2) is 30.5 Å². The van der Waals surface area contributed by atoms with E-state index in [2.05, 4.69) is 0 Å². The molecule has 0 radical (unpaired) electrons. The first-order valence-electron chi connectivity index (χ1n) is 5.50. The number of ether oxygens (including phenoxy) is 1. The largest absolute Gasteiger partial charge is 0.456 e. The Kier molecular flexibility index (Phi) is 4.02. The van der Waals surface area contributed by atoms with Gasteiger partial charge in [0.15, 0.2) is 0 Å². The third-order valence-electron chi connectivity index (χ3n) is 2.61. The van der Waals surface area contributed by atoms with Crippen LogP contribution in [0.2, 0.25) is 10.0 Å². The van der Waals surface area contributed by atoms with Gasteiger partial charge in [-0.3, -0.25) is 0 Å². The van der Waals surface area contributed by atoms with E-state index in [1.807, 2.05) is 0 Å². The number of rotatable bonds is 3. The van der Waals surface area contributed by atoms with E-state index in [0.29, 0.717) is 27.0 Å². The second-order valence-electron chi connectivity index (χ2n) is 4.08. The lowest BCUT2D eigenvalue weighted by Crippen LogP contribution is -2.09. The average Bonchev–Trinajstić information content (AvgIpc) is 2.67. The molecule has 0 aliphatic carbocycles. The topological polar surface area (TPSA) is 57.2 Å². The van der Waals surface area contributed by atoms with Crippen LogP contribution in [-0.4, -0.2) is 10.5 Å². The molecule has 0 aliphatic rings. The molecular weight excluding hydrogens is 287 g/mol. The molecule has 0 fully saturated rings. The van der Waals surface area contributed by atoms with E-state index >= 15 is 0 Å². The van der Waals surface area contributed by atoms with Gasteiger partial charge in [0.1, 0.15) is 12.3 Å². The number of halogens is 2. The molecule has 0 unspecified atom stereocenters. The summed E-state index contributed by atoms with van der Waals surface area (Å²) in [4.78, 5) is 11.9. The van der Waals surface area contributed by atoms with E-state index < -0.39 is 5.97 Å². The van der Waals surface area contributed by atoms with Crippen LogP contribution in [0.3, 0.4) is 0 Å². The van der Waals surface area contributed by atoms with Crippen molar-refractivity contribution < 1.29 is 9.53 Å². The number of benzene rings is 1. The lowest BCUT2D eigenvalue weighted by Gasteiger charge is -2.07. The number of aromatic nitrogens is 1. The fourth-order valence-corrected chi connectivity index (χ4v) is 2.11. The van der Waals surface area contributed by atoms with Gasteiger partial charge in [0, 0.05) is 28.9 Å². The molecule has 2 N–H and O–H groups in total. The van der Waals surface area contributed by atoms with Crippen molar-refractivity contribution in [3.63, 3.8) is 0 Å². The summed E-state index contributed by atoms with van der Waals surface area (Å²) in [5.41, 5.74) is 7.20. The Balaban J connectivity index is 2.06. The number of carbonyl (C=O) groups is 1. The third-order valence-corrected chi connectivity index (χ3v) is 3.20. The van der Waals surface area contributed by atoms with Crippen LogP contribution >= 0.6 is 23.2 Å². The summed E-state index contributed by atoms with van der Waals surface area (Å²) in [6, 6.07) is 6.58. The van der Waals surface area contributed by atoms with Gasteiger partial charge in [-0.05, 0) is 18.2 Å². The van der Waals surface area contributed by atoms with Crippen molar-refractivity contribution in [3.8, 4) is 0 Å². The van der Waals surface area contributed by atoms with Crippen molar-refractivity contribution in [2.45, 2.75) is 6.61 Å². The lowest BCUT2D eigenvalue weighted by atomic mass is 10.2. The van der Waals surface area contributed by atoms with E-state index in [9.17, 15) is 4.79 Å². The number of nitrogens with zero attached hydrogens (tertiary/aromatic N) is 1. The number of hydrogen-bond donors (Lipinski definition) is 1. The lowest BCUT2D eigenvalue weighted by molar-refractivity contribution is 0.0461. The molecule has 19 heavy (non-hydrogen) atoms. The average molecular weight is 299 g/mol. The van der Waals surface area contributed by atoms with E-state index in [-0.39, 0.29) is 6.61 Å². The van der Waals surface area contributed by atoms with Crippen LogP contribution in [0.5, 0.6) is 0 Å². The van der Waals surface area contributed by atoms with Gasteiger partial charge < -0.3 is 15.0 Å². The highest BCUT2D eigenvalue weighted by atomic mass is 35.5. The molecule has 0 saturated carbocycles. The number of nitrogen functional groups attached to an aromatic ring is 1. The maximum absolute atomic E-state index is 11.9. The van der Waals surface area contributed by atoms with Gasteiger partial charge in [0.25, 0.3) is 0 Å². The smallest absolute Gasteiger partial charge is 0.355 e. The monoisotopic (exact) mass is 298 g/mol. The second kappa shape index (κ2) is 5.55. The van der Waals surface area contributed by atoms with Gasteiger partial charge >= 0.3 is 5.97 Å². The maximum Gasteiger partial charge on any atom is 0.355 e. The van der Waals surface area contributed by atoms with Gasteiger partial charge in [-0.1, -0.05) is 29.3 Å². The van der Waals surface area contributed by atoms with Crippen LogP contribution in [0.1, 0.15) is 16.1 Å². The molecule has 0 atom stereocenters. The predicted octanol–water partition coefficient (Wildman–Crippen LogP) is 3.27. The quantitative estimate of drug-likeness (QED) is 0.885. The molecule has 0 aliphatic heterocycles. The summed E-state index contributed by atoms with van der Waals surface area (Å²) >= 11 is 11.8. The summed E-state index contributed by atoms with van der Waals surface area (Å²) in [7, 11) is 1.72. The molecule has 0 saturated heterocycles. The minimum atomic E-state index is -0.454. The zero-order valence-corrected chi connectivity index (χ0v) is 11.7. The predicted molar refractivity (Wildman–Crippen MR) is 75.4 cm³/mol. The Morgan fingerprint density at radius 1 is 1.37 bits per heavy atom. The van der Waals surface area contributed by atoms with Gasteiger partial charge in [-0.2, -0.15) is 0 Å². The summed E-state index contributed by atoms with van der Waals surface area (Å²) in [5, 5.41) is 1.00. The van der Waals surface area contributed by atoms with Crippen molar-refractivity contribution >= 4 is 34.9 Å². The van der Waals surface area contributed by atoms with Gasteiger partial charge in [-0.25, -0.2) is 4.79 Å². The molecule has 1 aromatic heterocycles. The van der Waals surface area contributed by atoms with E-state index in [1.54, 1.807) is 42.1 Å². The van der Waals surface area contributed by atoms with Crippen molar-refractivity contribution in [1.29, 1.82) is 0 Å². The molecule has 2 aromatic rings. The molecule has 1 heterocycles. The third kappa shape index (κ3) is 3.22. The zero-order valence-electron chi connectivity index (χ0n) is 10.2. The number of aryl methyl sites for hydroxylation is 1. The standard InChI is InChI=1S/C13H12Cl2N2O2/c1-17-6-10(16)5-12(17)13(18)19-7-8-2-3-9(14)4-11(8)15/h2-6H,7,16H2,1H3. The number of nitrogens with two attached hydrogens (primary N) is 1. The minimum Gasteiger partial charge on any atom is -0.456 e. The van der Waals surface area contributed by atoms with E-state index in [4.69, 9.17) is 33.7 Å². The van der Waals surface area contributed by atoms with Crippen LogP contribution < -0.4 is 5.73 Å². The Morgan fingerprint density at radius 3 is 2.68 bits per heavy atom. The normalized spacial score (nSPS) is 10.5. The molecule has 0 amide bonds. The Hall–Kier alpha value is -1.65. The summed E-state index contributed by atoms with van der Waals surface area (Å²) in [6.45, 7) is 0.0833. The number of hydrogen-bond acceptors (Lipinski definition) is 3. The highest BCUT2D eigenvalue weighted by Gasteiger charge is 2.13. The van der Waals surface area contributed by atoms with Crippen molar-refractivity contribution in [1.82, 2.24) is 4.57 Å². The van der Waals surface area contributed by atoms with Gasteiger partial charge in [0.05, 0.1) is 5.69 Å². The molecule has 6 heteroatoms. The van der Waals surface area contributed by atoms with Crippen molar-refractivity contribution in [2.75, 3.05) is 5.73 Å². The van der Waals surface area contributed by atoms with Crippen LogP contribution in [0, 0.1) is 0 Å². The highest BCUT2D eigenvalue weighted by Crippen LogP contribution is 2.22. The second-order valence-corrected chi connectivity index (χ2v) is 4.93. The van der Waals surface area contributed by atoms with Gasteiger partial charge in [-0.15, -0.1) is 0 Å². The first-order valence-corrected chi connectivity index (χ1v) is 6.26. The maximum atomic E-state index is 11.9. The molecule has 0 spiro atoms. The van der Waals surface area contributed by atoms with E-state index in [0.717, 1.165) is 0 Å². The Labute approximate surface area is 120 Å². The first kappa shape index (κ1) is 13.8. The van der Waals surface area contributed by atoms with Crippen molar-refractivity contribution in [2.24, 2.45) is 7.05 Å². The van der Waals surface area contributed by atoms with Crippen LogP contribution in [-0.2, 0) is 18.4 Å². The fourth-order valence-electron chi connectivity index (χ4n) is 1.65. The molecule has 100 valence electrons. The Bertz CT molecular complexity index is 623. The molecule has 2 rings (SSSR count). The number of carbonyl (C=O) groups excluding carboxylic acids is 1. The molecule has 0 bridgehead atoms. The van der Waals surface area contributed by atoms with Gasteiger partial charge in [0.2, 0.25) is 0 Å². The molecular formula is C13H12Cl2N2O2. The minimum absolute atomic E-state index is 0.0833. The Morgan fingerprint density at radius 2 is 2.11 bits per heavy atom. The fraction of sp³-hybridized carbons (Fsp3) is 0.154. The summed E-state index contributed by atoms with van der Waals surface area (Å²) in [5.74, 6) is -0.454. The van der Waals surface area contributed by atoms with Crippen LogP contribution in [0.4, 0.5) is 5.69 Å². The van der Waals surface area contributed by atoms with Crippen LogP contribution in [0.25, 0.3) is 0 Å². The number of anilines is 1. The van der Waals surface area contributed by atoms with E-state index in [1.165, 1.54) is 0 Å². The number of esters is 1. The highest BCUT2D eigenvalue weighted by molar-refractivity contribution is 6.35.